The van der Waals surface area contributed by atoms with Crippen molar-refractivity contribution in [3.8, 4) is 50.8 Å². The Labute approximate surface area is 295 Å². The van der Waals surface area contributed by atoms with Gasteiger partial charge < -0.3 is 9.30 Å². The van der Waals surface area contributed by atoms with E-state index in [1.165, 1.54) is 44.2 Å². The lowest BCUT2D eigenvalue weighted by molar-refractivity contribution is 0.437. The Morgan fingerprint density at radius 2 is 1.00 bits per heavy atom. The molecule has 0 amide bonds. The van der Waals surface area contributed by atoms with Crippen LogP contribution in [0.25, 0.3) is 61.1 Å². The van der Waals surface area contributed by atoms with Crippen molar-refractivity contribution in [1.82, 2.24) is 9.55 Å². The monoisotopic (exact) mass is 650 g/mol. The van der Waals surface area contributed by atoms with Crippen molar-refractivity contribution in [1.29, 1.82) is 0 Å². The molecule has 7 aromatic carbocycles. The second-order valence-corrected chi connectivity index (χ2v) is 13.5. The Balaban J connectivity index is 1.30. The minimum Gasteiger partial charge on any atom is -0.457 e. The van der Waals surface area contributed by atoms with Gasteiger partial charge in [-0.25, -0.2) is 4.98 Å². The topological polar surface area (TPSA) is 27.1 Å². The maximum absolute atomic E-state index is 6.67. The number of benzene rings is 7. The van der Waals surface area contributed by atoms with Crippen molar-refractivity contribution >= 4 is 21.8 Å². The molecule has 0 fully saturated rings. The maximum Gasteiger partial charge on any atom is 0.132 e. The highest BCUT2D eigenvalue weighted by Gasteiger charge is 2.52. The zero-order valence-electron chi connectivity index (χ0n) is 27.6. The van der Waals surface area contributed by atoms with Crippen LogP contribution in [0, 0.1) is 0 Å². The van der Waals surface area contributed by atoms with Gasteiger partial charge in [-0.05, 0) is 58.7 Å². The van der Waals surface area contributed by atoms with Gasteiger partial charge in [0.15, 0.2) is 0 Å². The number of nitrogens with zero attached hydrogens (tertiary/aromatic N) is 2. The van der Waals surface area contributed by atoms with Gasteiger partial charge >= 0.3 is 0 Å². The number of para-hydroxylation sites is 3. The van der Waals surface area contributed by atoms with Crippen LogP contribution in [0.1, 0.15) is 22.3 Å². The molecule has 1 aliphatic carbocycles. The highest BCUT2D eigenvalue weighted by molar-refractivity contribution is 6.15. The van der Waals surface area contributed by atoms with Crippen LogP contribution in [0.5, 0.6) is 11.5 Å². The molecule has 51 heavy (non-hydrogen) atoms. The Morgan fingerprint density at radius 1 is 0.451 bits per heavy atom. The summed E-state index contributed by atoms with van der Waals surface area (Å²) in [5.74, 6) is 1.79. The summed E-state index contributed by atoms with van der Waals surface area (Å²) in [6.07, 6.45) is 0. The van der Waals surface area contributed by atoms with Gasteiger partial charge in [0.25, 0.3) is 0 Å². The van der Waals surface area contributed by atoms with Crippen LogP contribution in [-0.4, -0.2) is 9.55 Å². The van der Waals surface area contributed by atoms with Gasteiger partial charge in [-0.1, -0.05) is 146 Å². The minimum atomic E-state index is -0.575. The van der Waals surface area contributed by atoms with Crippen molar-refractivity contribution in [2.75, 3.05) is 0 Å². The van der Waals surface area contributed by atoms with Crippen LogP contribution in [0.15, 0.2) is 182 Å². The van der Waals surface area contributed by atoms with Crippen LogP contribution in [0.3, 0.4) is 0 Å². The second-order valence-electron chi connectivity index (χ2n) is 13.5. The Bertz CT molecular complexity index is 2730. The van der Waals surface area contributed by atoms with E-state index in [1.54, 1.807) is 0 Å². The first-order chi connectivity index (χ1) is 25.3. The lowest BCUT2D eigenvalue weighted by atomic mass is 9.65. The van der Waals surface area contributed by atoms with Crippen LogP contribution >= 0.6 is 0 Å². The number of rotatable bonds is 3. The van der Waals surface area contributed by atoms with Crippen LogP contribution in [0.2, 0.25) is 0 Å². The molecule has 0 bridgehead atoms. The standard InChI is InChI=1S/C48H30N2O/c1-3-15-31(16-4-1)40-29-33(30-41(49-40)32-17-5-2-6-18-32)50-42-24-12-8-20-36(42)46-43(50)28-27-35-34-19-7-9-21-37(34)48(47(35)46)38-22-10-13-25-44(38)51-45-26-14-11-23-39(45)48/h1-30H. The molecule has 0 N–H and O–H groups in total. The normalized spacial score (nSPS) is 13.4. The third kappa shape index (κ3) is 3.86. The van der Waals surface area contributed by atoms with E-state index in [4.69, 9.17) is 9.72 Å². The fraction of sp³-hybridized carbons (Fsp3) is 0.0208. The average Bonchev–Trinajstić information content (AvgIpc) is 3.69. The summed E-state index contributed by atoms with van der Waals surface area (Å²) in [4.78, 5) is 5.22. The quantitative estimate of drug-likeness (QED) is 0.190. The van der Waals surface area contributed by atoms with Crippen molar-refractivity contribution in [2.45, 2.75) is 5.41 Å². The van der Waals surface area contributed by atoms with Gasteiger partial charge in [-0.2, -0.15) is 0 Å². The number of ether oxygens (including phenoxy) is 1. The van der Waals surface area contributed by atoms with E-state index < -0.39 is 5.41 Å². The molecule has 0 saturated heterocycles. The van der Waals surface area contributed by atoms with Crippen LogP contribution in [0.4, 0.5) is 0 Å². The van der Waals surface area contributed by atoms with Gasteiger partial charge in [0.05, 0.1) is 33.5 Å². The van der Waals surface area contributed by atoms with E-state index in [2.05, 4.69) is 187 Å². The molecule has 1 aliphatic heterocycles. The molecule has 3 heteroatoms. The zero-order chi connectivity index (χ0) is 33.5. The largest absolute Gasteiger partial charge is 0.457 e. The highest BCUT2D eigenvalue weighted by atomic mass is 16.5. The third-order valence-electron chi connectivity index (χ3n) is 10.8. The predicted octanol–water partition coefficient (Wildman–Crippen LogP) is 12.0. The highest BCUT2D eigenvalue weighted by Crippen LogP contribution is 2.64. The summed E-state index contributed by atoms with van der Waals surface area (Å²) in [6.45, 7) is 0. The third-order valence-corrected chi connectivity index (χ3v) is 10.8. The lowest BCUT2D eigenvalue weighted by Gasteiger charge is -2.39. The molecule has 1 spiro atoms. The molecule has 9 aromatic rings. The molecular weight excluding hydrogens is 621 g/mol. The first kappa shape index (κ1) is 28.2. The molecule has 11 rings (SSSR count). The molecule has 238 valence electrons. The first-order valence-electron chi connectivity index (χ1n) is 17.5. The molecule has 0 radical (unpaired) electrons. The number of pyridine rings is 1. The summed E-state index contributed by atoms with van der Waals surface area (Å²) in [5, 5.41) is 2.47. The van der Waals surface area contributed by atoms with Crippen LogP contribution in [-0.2, 0) is 5.41 Å². The summed E-state index contributed by atoms with van der Waals surface area (Å²) in [6, 6.07) is 65.2. The summed E-state index contributed by atoms with van der Waals surface area (Å²) in [7, 11) is 0. The summed E-state index contributed by atoms with van der Waals surface area (Å²) in [5.41, 5.74) is 14.3. The van der Waals surface area contributed by atoms with E-state index in [1.807, 2.05) is 0 Å². The Morgan fingerprint density at radius 3 is 1.67 bits per heavy atom. The zero-order valence-corrected chi connectivity index (χ0v) is 27.6. The molecular formula is C48H30N2O. The van der Waals surface area contributed by atoms with Crippen molar-refractivity contribution in [2.24, 2.45) is 0 Å². The lowest BCUT2D eigenvalue weighted by Crippen LogP contribution is -2.32. The fourth-order valence-corrected chi connectivity index (χ4v) is 8.85. The van der Waals surface area contributed by atoms with Gasteiger partial charge in [0, 0.05) is 33.0 Å². The van der Waals surface area contributed by atoms with Gasteiger partial charge in [-0.3, -0.25) is 0 Å². The fourth-order valence-electron chi connectivity index (χ4n) is 8.85. The molecule has 0 unspecified atom stereocenters. The van der Waals surface area contributed by atoms with Crippen molar-refractivity contribution < 1.29 is 4.74 Å². The van der Waals surface area contributed by atoms with Crippen LogP contribution < -0.4 is 4.74 Å². The summed E-state index contributed by atoms with van der Waals surface area (Å²) < 4.78 is 9.11. The van der Waals surface area contributed by atoms with Crippen molar-refractivity contribution in [3.05, 3.63) is 204 Å². The minimum absolute atomic E-state index is 0.575. The SMILES string of the molecule is c1ccc(-c2cc(-n3c4ccccc4c4c5c(ccc43)-c3ccccc3C53c4ccccc4Oc4ccccc43)cc(-c3ccccc3)n2)cc1. The maximum atomic E-state index is 6.67. The predicted molar refractivity (Wildman–Crippen MR) is 207 cm³/mol. The van der Waals surface area contributed by atoms with Crippen molar-refractivity contribution in [3.63, 3.8) is 0 Å². The number of hydrogen-bond donors (Lipinski definition) is 0. The van der Waals surface area contributed by atoms with E-state index in [0.29, 0.717) is 0 Å². The number of aromatic nitrogens is 2. The molecule has 0 atom stereocenters. The summed E-state index contributed by atoms with van der Waals surface area (Å²) >= 11 is 0. The Kier molecular flexibility index (Phi) is 5.88. The Hall–Kier alpha value is -6.71. The van der Waals surface area contributed by atoms with E-state index >= 15 is 0 Å². The van der Waals surface area contributed by atoms with Gasteiger partial charge in [0.2, 0.25) is 0 Å². The van der Waals surface area contributed by atoms with E-state index in [0.717, 1.165) is 50.7 Å². The number of fused-ring (bicyclic) bond motifs is 13. The molecule has 2 aromatic heterocycles. The smallest absolute Gasteiger partial charge is 0.132 e. The molecule has 3 heterocycles. The van der Waals surface area contributed by atoms with E-state index in [-0.39, 0.29) is 0 Å². The molecule has 2 aliphatic rings. The van der Waals surface area contributed by atoms with E-state index in [9.17, 15) is 0 Å². The molecule has 3 nitrogen and oxygen atoms in total. The van der Waals surface area contributed by atoms with Gasteiger partial charge in [0.1, 0.15) is 11.5 Å². The second kappa shape index (κ2) is 10.6. The number of hydrogen-bond acceptors (Lipinski definition) is 2. The van der Waals surface area contributed by atoms with Gasteiger partial charge in [-0.15, -0.1) is 0 Å². The first-order valence-corrected chi connectivity index (χ1v) is 17.5. The molecule has 0 saturated carbocycles. The average molecular weight is 651 g/mol.